The number of nitrogens with zero attached hydrogens (tertiary/aromatic N) is 1. The van der Waals surface area contributed by atoms with Crippen LogP contribution in [-0.2, 0) is 0 Å². The molecule has 0 amide bonds. The van der Waals surface area contributed by atoms with Gasteiger partial charge in [-0.05, 0) is 25.0 Å². The van der Waals surface area contributed by atoms with Gasteiger partial charge >= 0.3 is 5.97 Å². The van der Waals surface area contributed by atoms with Crippen LogP contribution < -0.4 is 5.32 Å². The fourth-order valence-corrected chi connectivity index (χ4v) is 1.26. The topological polar surface area (TPSA) is 62.2 Å². The lowest BCUT2D eigenvalue weighted by Crippen LogP contribution is -2.06. The minimum atomic E-state index is -0.939. The Balaban J connectivity index is 2.70. The fourth-order valence-electron chi connectivity index (χ4n) is 1.26. The molecule has 0 aliphatic carbocycles. The highest BCUT2D eigenvalue weighted by atomic mass is 16.4. The number of pyridine rings is 1. The van der Waals surface area contributed by atoms with Crippen LogP contribution >= 0.6 is 0 Å². The van der Waals surface area contributed by atoms with Crippen molar-refractivity contribution >= 4 is 11.8 Å². The predicted molar refractivity (Wildman–Crippen MR) is 59.3 cm³/mol. The Morgan fingerprint density at radius 3 is 2.87 bits per heavy atom. The van der Waals surface area contributed by atoms with Crippen molar-refractivity contribution in [1.29, 1.82) is 0 Å². The summed E-state index contributed by atoms with van der Waals surface area (Å²) in [4.78, 5) is 14.7. The Hall–Kier alpha value is -1.58. The van der Waals surface area contributed by atoms with E-state index in [1.54, 1.807) is 6.07 Å². The molecule has 0 aliphatic rings. The maximum Gasteiger partial charge on any atom is 0.337 e. The minimum absolute atomic E-state index is 0.230. The Morgan fingerprint density at radius 1 is 1.60 bits per heavy atom. The lowest BCUT2D eigenvalue weighted by molar-refractivity contribution is 0.0696. The average molecular weight is 208 g/mol. The van der Waals surface area contributed by atoms with Gasteiger partial charge in [-0.2, -0.15) is 0 Å². The molecule has 0 saturated heterocycles. The molecule has 0 aromatic carbocycles. The second kappa shape index (κ2) is 5.34. The van der Waals surface area contributed by atoms with Crippen molar-refractivity contribution in [3.05, 3.63) is 23.4 Å². The first-order valence-electron chi connectivity index (χ1n) is 5.09. The third kappa shape index (κ3) is 3.23. The normalized spacial score (nSPS) is 10.0. The summed E-state index contributed by atoms with van der Waals surface area (Å²) in [6.45, 7) is 4.85. The van der Waals surface area contributed by atoms with Gasteiger partial charge in [0.2, 0.25) is 0 Å². The molecule has 1 rings (SSSR count). The Morgan fingerprint density at radius 2 is 2.33 bits per heavy atom. The second-order valence-electron chi connectivity index (χ2n) is 3.47. The quantitative estimate of drug-likeness (QED) is 0.729. The molecule has 0 atom stereocenters. The summed E-state index contributed by atoms with van der Waals surface area (Å²) in [7, 11) is 0. The molecule has 0 saturated carbocycles. The SMILES string of the molecule is CCCCNc1ncc(C(=O)O)cc1C. The van der Waals surface area contributed by atoms with Gasteiger partial charge in [0.15, 0.2) is 0 Å². The van der Waals surface area contributed by atoms with E-state index in [1.165, 1.54) is 6.20 Å². The van der Waals surface area contributed by atoms with Gasteiger partial charge in [-0.3, -0.25) is 0 Å². The number of carboxylic acids is 1. The number of carboxylic acid groups (broad SMARTS) is 1. The van der Waals surface area contributed by atoms with Gasteiger partial charge in [-0.1, -0.05) is 13.3 Å². The minimum Gasteiger partial charge on any atom is -0.478 e. The van der Waals surface area contributed by atoms with Crippen LogP contribution in [0, 0.1) is 6.92 Å². The molecule has 0 unspecified atom stereocenters. The third-order valence-corrected chi connectivity index (χ3v) is 2.15. The highest BCUT2D eigenvalue weighted by Gasteiger charge is 2.06. The van der Waals surface area contributed by atoms with Crippen molar-refractivity contribution in [2.45, 2.75) is 26.7 Å². The number of anilines is 1. The summed E-state index contributed by atoms with van der Waals surface area (Å²) in [6.07, 6.45) is 3.59. The lowest BCUT2D eigenvalue weighted by atomic mass is 10.2. The molecule has 0 radical (unpaired) electrons. The van der Waals surface area contributed by atoms with Crippen LogP contribution in [0.3, 0.4) is 0 Å². The summed E-state index contributed by atoms with van der Waals surface area (Å²) < 4.78 is 0. The maximum atomic E-state index is 10.7. The zero-order valence-corrected chi connectivity index (χ0v) is 9.08. The largest absolute Gasteiger partial charge is 0.478 e. The first-order valence-corrected chi connectivity index (χ1v) is 5.09. The number of hydrogen-bond donors (Lipinski definition) is 2. The average Bonchev–Trinajstić information content (AvgIpc) is 2.20. The van der Waals surface area contributed by atoms with Gasteiger partial charge in [0.25, 0.3) is 0 Å². The van der Waals surface area contributed by atoms with E-state index < -0.39 is 5.97 Å². The third-order valence-electron chi connectivity index (χ3n) is 2.15. The highest BCUT2D eigenvalue weighted by molar-refractivity contribution is 5.87. The molecular formula is C11H16N2O2. The van der Waals surface area contributed by atoms with Gasteiger partial charge in [0, 0.05) is 12.7 Å². The van der Waals surface area contributed by atoms with Crippen molar-refractivity contribution in [1.82, 2.24) is 4.98 Å². The second-order valence-corrected chi connectivity index (χ2v) is 3.47. The number of rotatable bonds is 5. The number of aromatic nitrogens is 1. The van der Waals surface area contributed by atoms with Crippen molar-refractivity contribution in [3.8, 4) is 0 Å². The molecule has 0 bridgehead atoms. The first-order chi connectivity index (χ1) is 7.15. The lowest BCUT2D eigenvalue weighted by Gasteiger charge is -2.07. The van der Waals surface area contributed by atoms with E-state index in [0.717, 1.165) is 30.8 Å². The number of hydrogen-bond acceptors (Lipinski definition) is 3. The van der Waals surface area contributed by atoms with Gasteiger partial charge < -0.3 is 10.4 Å². The number of carbonyl (C=O) groups is 1. The van der Waals surface area contributed by atoms with Crippen molar-refractivity contribution in [2.75, 3.05) is 11.9 Å². The van der Waals surface area contributed by atoms with Crippen molar-refractivity contribution in [3.63, 3.8) is 0 Å². The molecule has 0 aliphatic heterocycles. The molecule has 4 heteroatoms. The molecular weight excluding hydrogens is 192 g/mol. The van der Waals surface area contributed by atoms with Gasteiger partial charge in [-0.15, -0.1) is 0 Å². The number of unbranched alkanes of at least 4 members (excludes halogenated alkanes) is 1. The zero-order valence-electron chi connectivity index (χ0n) is 9.08. The van der Waals surface area contributed by atoms with Gasteiger partial charge in [0.1, 0.15) is 5.82 Å². The molecule has 2 N–H and O–H groups in total. The summed E-state index contributed by atoms with van der Waals surface area (Å²) in [5, 5.41) is 11.9. The Kier molecular flexibility index (Phi) is 4.09. The predicted octanol–water partition coefficient (Wildman–Crippen LogP) is 2.30. The van der Waals surface area contributed by atoms with Crippen LogP contribution in [0.25, 0.3) is 0 Å². The molecule has 82 valence electrons. The van der Waals surface area contributed by atoms with Crippen LogP contribution in [-0.4, -0.2) is 22.6 Å². The first kappa shape index (κ1) is 11.5. The monoisotopic (exact) mass is 208 g/mol. The van der Waals surface area contributed by atoms with Gasteiger partial charge in [-0.25, -0.2) is 9.78 Å². The van der Waals surface area contributed by atoms with E-state index in [4.69, 9.17) is 5.11 Å². The standard InChI is InChI=1S/C11H16N2O2/c1-3-4-5-12-10-8(2)6-9(7-13-10)11(14)15/h6-7H,3-5H2,1-2H3,(H,12,13)(H,14,15). The maximum absolute atomic E-state index is 10.7. The molecule has 1 aromatic heterocycles. The van der Waals surface area contributed by atoms with Gasteiger partial charge in [0.05, 0.1) is 5.56 Å². The Labute approximate surface area is 89.3 Å². The molecule has 1 heterocycles. The summed E-state index contributed by atoms with van der Waals surface area (Å²) in [6, 6.07) is 1.63. The Bertz CT molecular complexity index is 350. The van der Waals surface area contributed by atoms with E-state index in [-0.39, 0.29) is 5.56 Å². The van der Waals surface area contributed by atoms with E-state index in [2.05, 4.69) is 17.2 Å². The molecule has 0 fully saturated rings. The molecule has 1 aromatic rings. The fraction of sp³-hybridized carbons (Fsp3) is 0.455. The van der Waals surface area contributed by atoms with Crippen molar-refractivity contribution in [2.24, 2.45) is 0 Å². The highest BCUT2D eigenvalue weighted by Crippen LogP contribution is 2.12. The smallest absolute Gasteiger partial charge is 0.337 e. The molecule has 0 spiro atoms. The van der Waals surface area contributed by atoms with E-state index in [9.17, 15) is 4.79 Å². The summed E-state index contributed by atoms with van der Waals surface area (Å²) in [5.74, 6) is -0.167. The van der Waals surface area contributed by atoms with E-state index >= 15 is 0 Å². The molecule has 4 nitrogen and oxygen atoms in total. The van der Waals surface area contributed by atoms with E-state index in [1.807, 2.05) is 6.92 Å². The number of nitrogens with one attached hydrogen (secondary N) is 1. The van der Waals surface area contributed by atoms with Crippen molar-refractivity contribution < 1.29 is 9.90 Å². The van der Waals surface area contributed by atoms with Crippen LogP contribution in [0.1, 0.15) is 35.7 Å². The number of aryl methyl sites for hydroxylation is 1. The van der Waals surface area contributed by atoms with Crippen LogP contribution in [0.2, 0.25) is 0 Å². The summed E-state index contributed by atoms with van der Waals surface area (Å²) in [5.41, 5.74) is 1.10. The number of aromatic carboxylic acids is 1. The molecule has 15 heavy (non-hydrogen) atoms. The summed E-state index contributed by atoms with van der Waals surface area (Å²) >= 11 is 0. The van der Waals surface area contributed by atoms with Crippen LogP contribution in [0.15, 0.2) is 12.3 Å². The van der Waals surface area contributed by atoms with Crippen LogP contribution in [0.4, 0.5) is 5.82 Å². The van der Waals surface area contributed by atoms with E-state index in [0.29, 0.717) is 0 Å². The van der Waals surface area contributed by atoms with Crippen LogP contribution in [0.5, 0.6) is 0 Å². The zero-order chi connectivity index (χ0) is 11.3.